The van der Waals surface area contributed by atoms with Gasteiger partial charge < -0.3 is 23.8 Å². The number of aliphatic hydroxyl groups is 2. The minimum Gasteiger partial charge on any atom is -0.405 e. The number of benzene rings is 4. The third-order valence-corrected chi connectivity index (χ3v) is 21.7. The van der Waals surface area contributed by atoms with Gasteiger partial charge in [0, 0.05) is 0 Å². The van der Waals surface area contributed by atoms with Crippen molar-refractivity contribution in [2.24, 2.45) is 0 Å². The van der Waals surface area contributed by atoms with E-state index in [1.807, 2.05) is 12.1 Å². The van der Waals surface area contributed by atoms with E-state index in [2.05, 4.69) is 151 Å². The van der Waals surface area contributed by atoms with Crippen molar-refractivity contribution < 1.29 is 23.8 Å². The van der Waals surface area contributed by atoms with Crippen molar-refractivity contribution >= 4 is 37.4 Å². The normalized spacial score (nSPS) is 19.7. The van der Waals surface area contributed by atoms with Gasteiger partial charge in [-0.15, -0.1) is 0 Å². The van der Waals surface area contributed by atoms with Crippen LogP contribution in [0.4, 0.5) is 0 Å². The maximum absolute atomic E-state index is 10.5. The third kappa shape index (κ3) is 8.99. The monoisotopic (exact) mass is 750 g/mol. The number of rotatable bonds is 13. The molecule has 2 aliphatic carbocycles. The van der Waals surface area contributed by atoms with Crippen LogP contribution in [0, 0.1) is 0 Å². The lowest BCUT2D eigenvalue weighted by Gasteiger charge is -2.43. The first-order chi connectivity index (χ1) is 25.2. The number of hydrogen-bond donors (Lipinski definition) is 2. The minimum atomic E-state index is -2.59. The van der Waals surface area contributed by atoms with Crippen LogP contribution in [0.3, 0.4) is 0 Å². The molecule has 4 aromatic carbocycles. The number of ether oxygens (including phenoxy) is 1. The summed E-state index contributed by atoms with van der Waals surface area (Å²) in [7, 11) is -5.02. The second-order valence-corrected chi connectivity index (χ2v) is 26.4. The Morgan fingerprint density at radius 2 is 1.02 bits per heavy atom. The van der Waals surface area contributed by atoms with Gasteiger partial charge in [0.15, 0.2) is 0 Å². The summed E-state index contributed by atoms with van der Waals surface area (Å²) in [5, 5.41) is 25.7. The van der Waals surface area contributed by atoms with Crippen molar-refractivity contribution in [1.29, 1.82) is 0 Å². The topological polar surface area (TPSA) is 68.2 Å². The molecule has 3 aliphatic rings. The van der Waals surface area contributed by atoms with Crippen molar-refractivity contribution in [2.45, 2.75) is 126 Å². The molecule has 1 aliphatic heterocycles. The molecule has 0 radical (unpaired) electrons. The van der Waals surface area contributed by atoms with E-state index in [9.17, 15) is 10.2 Å². The van der Waals surface area contributed by atoms with Gasteiger partial charge in [-0.1, -0.05) is 163 Å². The van der Waals surface area contributed by atoms with Crippen LogP contribution in [0.15, 0.2) is 121 Å². The predicted molar refractivity (Wildman–Crippen MR) is 223 cm³/mol. The summed E-state index contributed by atoms with van der Waals surface area (Å²) >= 11 is 0. The summed E-state index contributed by atoms with van der Waals surface area (Å²) < 4.78 is 20.0. The van der Waals surface area contributed by atoms with Gasteiger partial charge in [-0.3, -0.25) is 0 Å². The molecule has 1 spiro atoms. The molecule has 3 fully saturated rings. The quantitative estimate of drug-likeness (QED) is 0.139. The Hall–Kier alpha value is -2.89. The zero-order valence-corrected chi connectivity index (χ0v) is 34.9. The summed E-state index contributed by atoms with van der Waals surface area (Å²) in [6.07, 6.45) is 7.46. The molecule has 0 bridgehead atoms. The van der Waals surface area contributed by atoms with Crippen LogP contribution in [-0.4, -0.2) is 63.5 Å². The molecule has 7 rings (SSSR count). The van der Waals surface area contributed by atoms with E-state index in [4.69, 9.17) is 13.6 Å². The lowest BCUT2D eigenvalue weighted by molar-refractivity contribution is 0.00179. The van der Waals surface area contributed by atoms with Gasteiger partial charge in [0.1, 0.15) is 0 Å². The smallest absolute Gasteiger partial charge is 0.261 e. The molecular weight excluding hydrogens is 689 g/mol. The van der Waals surface area contributed by atoms with Crippen LogP contribution in [0.25, 0.3) is 0 Å². The molecule has 0 unspecified atom stereocenters. The fourth-order valence-electron chi connectivity index (χ4n) is 8.40. The van der Waals surface area contributed by atoms with Crippen molar-refractivity contribution in [2.75, 3.05) is 13.2 Å². The molecule has 2 saturated carbocycles. The Morgan fingerprint density at radius 3 is 1.36 bits per heavy atom. The van der Waals surface area contributed by atoms with Crippen molar-refractivity contribution in [3.63, 3.8) is 0 Å². The van der Waals surface area contributed by atoms with Gasteiger partial charge in [0.25, 0.3) is 16.6 Å². The van der Waals surface area contributed by atoms with Crippen LogP contribution in [-0.2, 0) is 13.6 Å². The molecule has 2 N–H and O–H groups in total. The van der Waals surface area contributed by atoms with E-state index in [0.717, 1.165) is 19.3 Å². The largest absolute Gasteiger partial charge is 0.405 e. The van der Waals surface area contributed by atoms with Gasteiger partial charge in [-0.05, 0) is 82.2 Å². The van der Waals surface area contributed by atoms with Crippen LogP contribution >= 0.6 is 0 Å². The van der Waals surface area contributed by atoms with Crippen molar-refractivity contribution in [3.8, 4) is 0 Å². The van der Waals surface area contributed by atoms with E-state index in [1.165, 1.54) is 40.0 Å². The summed E-state index contributed by atoms with van der Waals surface area (Å²) in [6, 6.07) is 42.7. The minimum absolute atomic E-state index is 0.0333. The highest BCUT2D eigenvalue weighted by Gasteiger charge is 2.54. The second-order valence-electron chi connectivity index (χ2n) is 17.8. The van der Waals surface area contributed by atoms with Crippen LogP contribution < -0.4 is 20.7 Å². The summed E-state index contributed by atoms with van der Waals surface area (Å²) in [4.78, 5) is 0. The summed E-state index contributed by atoms with van der Waals surface area (Å²) in [5.74, 6) is 0. The highest BCUT2D eigenvalue weighted by molar-refractivity contribution is 7.00. The molecule has 2 atom stereocenters. The Morgan fingerprint density at radius 1 is 0.623 bits per heavy atom. The van der Waals surface area contributed by atoms with Crippen LogP contribution in [0.2, 0.25) is 10.1 Å². The Balaban J connectivity index is 0.000000181. The summed E-state index contributed by atoms with van der Waals surface area (Å²) in [5.41, 5.74) is -0.308. The van der Waals surface area contributed by atoms with E-state index >= 15 is 0 Å². The molecule has 5 nitrogen and oxygen atoms in total. The first kappa shape index (κ1) is 39.8. The molecule has 4 aromatic rings. The molecular formula is C46H62O5Si2. The second kappa shape index (κ2) is 16.1. The van der Waals surface area contributed by atoms with Gasteiger partial charge in [-0.2, -0.15) is 0 Å². The summed E-state index contributed by atoms with van der Waals surface area (Å²) in [6.45, 7) is 14.7. The molecule has 0 amide bonds. The highest BCUT2D eigenvalue weighted by Crippen LogP contribution is 2.50. The zero-order valence-electron chi connectivity index (χ0n) is 32.9. The number of hydrogen-bond acceptors (Lipinski definition) is 5. The van der Waals surface area contributed by atoms with Gasteiger partial charge in [-0.25, -0.2) is 0 Å². The van der Waals surface area contributed by atoms with Gasteiger partial charge in [0.2, 0.25) is 0 Å². The molecule has 1 heterocycles. The average molecular weight is 751 g/mol. The van der Waals surface area contributed by atoms with Crippen LogP contribution in [0.1, 0.15) is 92.9 Å². The lowest BCUT2D eigenvalue weighted by Crippen LogP contribution is -2.67. The van der Waals surface area contributed by atoms with Crippen molar-refractivity contribution in [3.05, 3.63) is 121 Å². The van der Waals surface area contributed by atoms with Crippen LogP contribution in [0.5, 0.6) is 0 Å². The van der Waals surface area contributed by atoms with E-state index < -0.39 is 28.3 Å². The Kier molecular flexibility index (Phi) is 12.1. The van der Waals surface area contributed by atoms with E-state index in [-0.39, 0.29) is 21.8 Å². The Bertz CT molecular complexity index is 1630. The molecule has 7 heteroatoms. The fourth-order valence-corrected chi connectivity index (χ4v) is 17.6. The number of aliphatic hydroxyl groups excluding tert-OH is 1. The van der Waals surface area contributed by atoms with Gasteiger partial charge in [0.05, 0.1) is 36.6 Å². The molecule has 1 saturated heterocycles. The fraction of sp³-hybridized carbons (Fsp3) is 0.478. The third-order valence-electron chi connectivity index (χ3n) is 11.7. The first-order valence-corrected chi connectivity index (χ1v) is 23.6. The Labute approximate surface area is 321 Å². The van der Waals surface area contributed by atoms with E-state index in [0.29, 0.717) is 26.1 Å². The average Bonchev–Trinajstić information content (AvgIpc) is 4.05. The highest BCUT2D eigenvalue weighted by atomic mass is 28.4. The lowest BCUT2D eigenvalue weighted by atomic mass is 10.1. The maximum Gasteiger partial charge on any atom is 0.261 e. The van der Waals surface area contributed by atoms with E-state index in [1.54, 1.807) is 0 Å². The standard InChI is InChI=1S/C23H32O3Si.C23H30O2Si/c1-22(2,3)27(20-10-6-4-7-11-20,21-12-8-5-9-13-21)26-18-19(24)14-15-23(25)16-17-23;1-22(2,3)26(20-10-6-4-7-11-20,21-12-8-5-9-13-21)24-18-19-14-15-23(25-19)16-17-23/h4-13,19,24-25H,14-18H2,1-3H3;4-13,19H,14-18H2,1-3H3/t2*19-/m10/s1. The molecule has 284 valence electrons. The zero-order chi connectivity index (χ0) is 37.8. The molecule has 0 aromatic heterocycles. The predicted octanol–water partition coefficient (Wildman–Crippen LogP) is 7.50. The SMILES string of the molecule is CC(C)(C)[Si](OC[C@@H]1CCC2(CC2)O1)(c1ccccc1)c1ccccc1.CC(C)(C)[Si](OC[C@H](O)CCC1(O)CC1)(c1ccccc1)c1ccccc1. The van der Waals surface area contributed by atoms with Crippen molar-refractivity contribution in [1.82, 2.24) is 0 Å². The molecule has 53 heavy (non-hydrogen) atoms. The van der Waals surface area contributed by atoms with Gasteiger partial charge >= 0.3 is 0 Å². The first-order valence-electron chi connectivity index (χ1n) is 19.8. The maximum atomic E-state index is 10.5.